The minimum atomic E-state index is 0.0301. The second-order valence-electron chi connectivity index (χ2n) is 3.87. The van der Waals surface area contributed by atoms with E-state index >= 15 is 0 Å². The Labute approximate surface area is 67.5 Å². The Morgan fingerprint density at radius 1 is 1.27 bits per heavy atom. The molecule has 2 rings (SSSR count). The van der Waals surface area contributed by atoms with Crippen molar-refractivity contribution in [3.05, 3.63) is 11.6 Å². The molecule has 0 heterocycles. The van der Waals surface area contributed by atoms with E-state index in [0.717, 1.165) is 18.4 Å². The second-order valence-corrected chi connectivity index (χ2v) is 3.87. The average molecular weight is 150 g/mol. The normalized spacial score (nSPS) is 28.1. The first-order valence-corrected chi connectivity index (χ1v) is 4.49. The van der Waals surface area contributed by atoms with E-state index in [1.54, 1.807) is 0 Å². The highest BCUT2D eigenvalue weighted by Gasteiger charge is 2.44. The zero-order chi connectivity index (χ0) is 7.90. The van der Waals surface area contributed by atoms with Gasteiger partial charge in [-0.2, -0.15) is 0 Å². The van der Waals surface area contributed by atoms with Gasteiger partial charge in [0.15, 0.2) is 5.78 Å². The quantitative estimate of drug-likeness (QED) is 0.518. The lowest BCUT2D eigenvalue weighted by Crippen LogP contribution is -2.39. The van der Waals surface area contributed by atoms with Gasteiger partial charge < -0.3 is 0 Å². The van der Waals surface area contributed by atoms with Crippen molar-refractivity contribution in [1.29, 1.82) is 0 Å². The van der Waals surface area contributed by atoms with Crippen LogP contribution in [0.3, 0.4) is 0 Å². The maximum Gasteiger partial charge on any atom is 0.168 e. The summed E-state index contributed by atoms with van der Waals surface area (Å²) in [6, 6.07) is 0. The van der Waals surface area contributed by atoms with Crippen molar-refractivity contribution < 1.29 is 4.79 Å². The molecule has 0 aliphatic heterocycles. The largest absolute Gasteiger partial charge is 0.294 e. The number of carbonyl (C=O) groups excluding carboxylic acids is 1. The predicted octanol–water partition coefficient (Wildman–Crippen LogP) is 2.47. The smallest absolute Gasteiger partial charge is 0.168 e. The van der Waals surface area contributed by atoms with E-state index in [4.69, 9.17) is 0 Å². The summed E-state index contributed by atoms with van der Waals surface area (Å²) in [5.74, 6) is 0.428. The van der Waals surface area contributed by atoms with Crippen LogP contribution in [0.25, 0.3) is 0 Å². The third-order valence-corrected chi connectivity index (χ3v) is 3.05. The van der Waals surface area contributed by atoms with Crippen molar-refractivity contribution in [2.45, 2.75) is 39.0 Å². The molecule has 11 heavy (non-hydrogen) atoms. The summed E-state index contributed by atoms with van der Waals surface area (Å²) >= 11 is 0. The first-order valence-electron chi connectivity index (χ1n) is 4.49. The Bertz CT molecular complexity index is 219. The van der Waals surface area contributed by atoms with Crippen LogP contribution in [0, 0.1) is 5.41 Å². The van der Waals surface area contributed by atoms with Crippen molar-refractivity contribution in [3.63, 3.8) is 0 Å². The van der Waals surface area contributed by atoms with Crippen LogP contribution in [0.2, 0.25) is 0 Å². The van der Waals surface area contributed by atoms with Gasteiger partial charge in [0, 0.05) is 0 Å². The molecule has 0 aromatic heterocycles. The standard InChI is InChI=1S/C10H14O/c1-8-7-10(9(8)11)5-3-2-4-6-10/h7H,2-6H2,1H3. The van der Waals surface area contributed by atoms with E-state index in [1.807, 2.05) is 6.92 Å². The summed E-state index contributed by atoms with van der Waals surface area (Å²) in [5.41, 5.74) is 1.02. The number of carbonyl (C=O) groups is 1. The van der Waals surface area contributed by atoms with Gasteiger partial charge in [0.25, 0.3) is 0 Å². The zero-order valence-corrected chi connectivity index (χ0v) is 7.02. The van der Waals surface area contributed by atoms with E-state index in [0.29, 0.717) is 5.78 Å². The molecule has 0 aromatic carbocycles. The molecule has 60 valence electrons. The highest BCUT2D eigenvalue weighted by Crippen LogP contribution is 2.46. The van der Waals surface area contributed by atoms with Crippen molar-refractivity contribution in [3.8, 4) is 0 Å². The second kappa shape index (κ2) is 2.20. The van der Waals surface area contributed by atoms with Crippen LogP contribution in [-0.2, 0) is 4.79 Å². The molecule has 0 N–H and O–H groups in total. The molecular formula is C10H14O. The van der Waals surface area contributed by atoms with E-state index < -0.39 is 0 Å². The molecule has 1 fully saturated rings. The van der Waals surface area contributed by atoms with Crippen LogP contribution in [0.4, 0.5) is 0 Å². The van der Waals surface area contributed by atoms with Gasteiger partial charge in [-0.05, 0) is 25.3 Å². The van der Waals surface area contributed by atoms with Gasteiger partial charge in [-0.25, -0.2) is 0 Å². The van der Waals surface area contributed by atoms with Gasteiger partial charge in [0.05, 0.1) is 5.41 Å². The predicted molar refractivity (Wildman–Crippen MR) is 44.3 cm³/mol. The first-order chi connectivity index (χ1) is 5.25. The average Bonchev–Trinajstić information content (AvgIpc) is 2.06. The molecule has 1 heteroatoms. The van der Waals surface area contributed by atoms with Gasteiger partial charge in [0.2, 0.25) is 0 Å². The maximum atomic E-state index is 11.5. The molecule has 0 amide bonds. The fraction of sp³-hybridized carbons (Fsp3) is 0.700. The Kier molecular flexibility index (Phi) is 1.41. The van der Waals surface area contributed by atoms with Gasteiger partial charge in [0.1, 0.15) is 0 Å². The lowest BCUT2D eigenvalue weighted by Gasteiger charge is -2.40. The Hall–Kier alpha value is -0.590. The molecule has 0 bridgehead atoms. The van der Waals surface area contributed by atoms with E-state index in [1.165, 1.54) is 19.3 Å². The molecule has 0 unspecified atom stereocenters. The minimum absolute atomic E-state index is 0.0301. The van der Waals surface area contributed by atoms with Gasteiger partial charge in [-0.15, -0.1) is 0 Å². The number of allylic oxidation sites excluding steroid dienone is 2. The fourth-order valence-electron chi connectivity index (χ4n) is 2.41. The Morgan fingerprint density at radius 3 is 2.36 bits per heavy atom. The van der Waals surface area contributed by atoms with E-state index in [-0.39, 0.29) is 5.41 Å². The summed E-state index contributed by atoms with van der Waals surface area (Å²) in [6.45, 7) is 1.93. The molecule has 1 saturated carbocycles. The van der Waals surface area contributed by atoms with Crippen molar-refractivity contribution >= 4 is 5.78 Å². The fourth-order valence-corrected chi connectivity index (χ4v) is 2.41. The maximum absolute atomic E-state index is 11.5. The van der Waals surface area contributed by atoms with Crippen molar-refractivity contribution in [2.24, 2.45) is 5.41 Å². The van der Waals surface area contributed by atoms with E-state index in [2.05, 4.69) is 6.08 Å². The molecule has 0 saturated heterocycles. The minimum Gasteiger partial charge on any atom is -0.294 e. The van der Waals surface area contributed by atoms with Crippen LogP contribution in [0.1, 0.15) is 39.0 Å². The summed E-state index contributed by atoms with van der Waals surface area (Å²) in [6.07, 6.45) is 8.23. The molecule has 1 spiro atoms. The number of Topliss-reactive ketones (excluding diaryl/α,β-unsaturated/α-hetero) is 1. The molecular weight excluding hydrogens is 136 g/mol. The Balaban J connectivity index is 2.19. The van der Waals surface area contributed by atoms with Gasteiger partial charge in [-0.1, -0.05) is 25.3 Å². The Morgan fingerprint density at radius 2 is 1.91 bits per heavy atom. The van der Waals surface area contributed by atoms with Crippen molar-refractivity contribution in [1.82, 2.24) is 0 Å². The molecule has 2 aliphatic rings. The molecule has 0 radical (unpaired) electrons. The summed E-state index contributed by atoms with van der Waals surface area (Å²) in [4.78, 5) is 11.5. The lowest BCUT2D eigenvalue weighted by atomic mass is 9.62. The van der Waals surface area contributed by atoms with Crippen LogP contribution in [0.5, 0.6) is 0 Å². The molecule has 2 aliphatic carbocycles. The summed E-state index contributed by atoms with van der Waals surface area (Å²) < 4.78 is 0. The van der Waals surface area contributed by atoms with Gasteiger partial charge in [-0.3, -0.25) is 4.79 Å². The third-order valence-electron chi connectivity index (χ3n) is 3.05. The number of hydrogen-bond acceptors (Lipinski definition) is 1. The molecule has 0 aromatic rings. The zero-order valence-electron chi connectivity index (χ0n) is 7.02. The van der Waals surface area contributed by atoms with E-state index in [9.17, 15) is 4.79 Å². The van der Waals surface area contributed by atoms with Crippen LogP contribution < -0.4 is 0 Å². The van der Waals surface area contributed by atoms with Crippen LogP contribution >= 0.6 is 0 Å². The van der Waals surface area contributed by atoms with Gasteiger partial charge >= 0.3 is 0 Å². The highest BCUT2D eigenvalue weighted by atomic mass is 16.1. The summed E-state index contributed by atoms with van der Waals surface area (Å²) in [5, 5.41) is 0. The highest BCUT2D eigenvalue weighted by molar-refractivity contribution is 6.07. The number of rotatable bonds is 0. The number of ketones is 1. The number of hydrogen-bond donors (Lipinski definition) is 0. The topological polar surface area (TPSA) is 17.1 Å². The monoisotopic (exact) mass is 150 g/mol. The van der Waals surface area contributed by atoms with Crippen molar-refractivity contribution in [2.75, 3.05) is 0 Å². The first kappa shape index (κ1) is 7.08. The van der Waals surface area contributed by atoms with Crippen LogP contribution in [0.15, 0.2) is 11.6 Å². The molecule has 0 atom stereocenters. The third kappa shape index (κ3) is 0.867. The lowest BCUT2D eigenvalue weighted by molar-refractivity contribution is -0.126. The van der Waals surface area contributed by atoms with Crippen LogP contribution in [-0.4, -0.2) is 5.78 Å². The molecule has 1 nitrogen and oxygen atoms in total. The SMILES string of the molecule is CC1=CC2(CCCCC2)C1=O. The summed E-state index contributed by atoms with van der Waals surface area (Å²) in [7, 11) is 0.